The van der Waals surface area contributed by atoms with Crippen molar-refractivity contribution in [3.63, 3.8) is 0 Å². The molecular weight excluding hydrogens is 527 g/mol. The van der Waals surface area contributed by atoms with Gasteiger partial charge in [0, 0.05) is 38.0 Å². The van der Waals surface area contributed by atoms with E-state index in [1.807, 2.05) is 0 Å². The van der Waals surface area contributed by atoms with Gasteiger partial charge in [-0.2, -0.15) is 26.3 Å². The second kappa shape index (κ2) is 11.4. The summed E-state index contributed by atoms with van der Waals surface area (Å²) in [5, 5.41) is 3.33. The highest BCUT2D eigenvalue weighted by Gasteiger charge is 2.40. The molecule has 4 nitrogen and oxygen atoms in total. The van der Waals surface area contributed by atoms with Gasteiger partial charge >= 0.3 is 12.4 Å². The van der Waals surface area contributed by atoms with Gasteiger partial charge in [0.05, 0.1) is 11.1 Å². The van der Waals surface area contributed by atoms with Crippen molar-refractivity contribution in [1.29, 1.82) is 0 Å². The Balaban J connectivity index is 1.60. The van der Waals surface area contributed by atoms with Crippen molar-refractivity contribution in [3.8, 4) is 0 Å². The SMILES string of the molecule is Cc1cc(F)ccc1[C@@H]1CN(C2CCNCC2)CC[C@H]1C(=O)N(C)Cc1cc(C(F)(F)F)cc(C(F)(F)F)c1. The molecule has 0 aromatic heterocycles. The van der Waals surface area contributed by atoms with Crippen molar-refractivity contribution in [2.45, 2.75) is 57.0 Å². The Morgan fingerprint density at radius 1 is 0.974 bits per heavy atom. The topological polar surface area (TPSA) is 35.6 Å². The van der Waals surface area contributed by atoms with Crippen LogP contribution in [0.3, 0.4) is 0 Å². The molecule has 0 radical (unpaired) electrons. The molecule has 4 rings (SSSR count). The Kier molecular flexibility index (Phi) is 8.61. The average molecular weight is 560 g/mol. The molecule has 0 spiro atoms. The van der Waals surface area contributed by atoms with Crippen molar-refractivity contribution in [3.05, 3.63) is 70.0 Å². The van der Waals surface area contributed by atoms with Gasteiger partial charge < -0.3 is 10.2 Å². The minimum Gasteiger partial charge on any atom is -0.341 e. The van der Waals surface area contributed by atoms with Crippen LogP contribution in [0.1, 0.15) is 53.0 Å². The summed E-state index contributed by atoms with van der Waals surface area (Å²) >= 11 is 0. The van der Waals surface area contributed by atoms with Gasteiger partial charge in [0.1, 0.15) is 5.82 Å². The summed E-state index contributed by atoms with van der Waals surface area (Å²) in [6.07, 6.45) is -7.53. The minimum absolute atomic E-state index is 0.0785. The number of carbonyl (C=O) groups is 1. The molecule has 0 bridgehead atoms. The van der Waals surface area contributed by atoms with E-state index in [-0.39, 0.29) is 23.5 Å². The summed E-state index contributed by atoms with van der Waals surface area (Å²) in [5.41, 5.74) is -1.57. The Hall–Kier alpha value is -2.66. The molecule has 2 aromatic carbocycles. The highest BCUT2D eigenvalue weighted by molar-refractivity contribution is 5.80. The number of alkyl halides is 6. The number of piperidine rings is 2. The van der Waals surface area contributed by atoms with Crippen LogP contribution in [-0.4, -0.2) is 55.0 Å². The van der Waals surface area contributed by atoms with E-state index in [4.69, 9.17) is 0 Å². The zero-order valence-electron chi connectivity index (χ0n) is 21.8. The summed E-state index contributed by atoms with van der Waals surface area (Å²) < 4.78 is 93.9. The number of hydrogen-bond donors (Lipinski definition) is 1. The average Bonchev–Trinajstić information content (AvgIpc) is 2.87. The van der Waals surface area contributed by atoms with E-state index in [0.717, 1.165) is 31.5 Å². The third-order valence-corrected chi connectivity index (χ3v) is 7.86. The molecule has 1 amide bonds. The molecule has 39 heavy (non-hydrogen) atoms. The second-order valence-electron chi connectivity index (χ2n) is 10.6. The zero-order valence-corrected chi connectivity index (χ0v) is 21.8. The molecular formula is C28H32F7N3O. The van der Waals surface area contributed by atoms with Crippen LogP contribution in [-0.2, 0) is 23.7 Å². The van der Waals surface area contributed by atoms with Gasteiger partial charge in [0.25, 0.3) is 0 Å². The standard InChI is InChI=1S/C28H32F7N3O/c1-17-11-21(29)3-4-23(17)25-16-38(22-5-8-36-9-6-22)10-7-24(25)26(39)37(2)15-18-12-19(27(30,31)32)14-20(13-18)28(33,34)35/h3-4,11-14,22,24-25,36H,5-10,15-16H2,1-2H3/t24-,25+/m1/s1. The van der Waals surface area contributed by atoms with Gasteiger partial charge in [-0.25, -0.2) is 4.39 Å². The quantitative estimate of drug-likeness (QED) is 0.458. The van der Waals surface area contributed by atoms with E-state index >= 15 is 0 Å². The maximum Gasteiger partial charge on any atom is 0.416 e. The Bertz CT molecular complexity index is 1140. The second-order valence-corrected chi connectivity index (χ2v) is 10.6. The van der Waals surface area contributed by atoms with Gasteiger partial charge in [-0.3, -0.25) is 9.69 Å². The third-order valence-electron chi connectivity index (χ3n) is 7.86. The summed E-state index contributed by atoms with van der Waals surface area (Å²) in [6.45, 7) is 4.35. The molecule has 2 aliphatic heterocycles. The Morgan fingerprint density at radius 3 is 2.15 bits per heavy atom. The predicted molar refractivity (Wildman–Crippen MR) is 132 cm³/mol. The van der Waals surface area contributed by atoms with Gasteiger partial charge in [0.2, 0.25) is 5.91 Å². The van der Waals surface area contributed by atoms with Crippen LogP contribution in [0.25, 0.3) is 0 Å². The molecule has 2 heterocycles. The van der Waals surface area contributed by atoms with Gasteiger partial charge in [-0.1, -0.05) is 6.07 Å². The number of aryl methyl sites for hydroxylation is 1. The lowest BCUT2D eigenvalue weighted by molar-refractivity contribution is -0.143. The van der Waals surface area contributed by atoms with E-state index in [9.17, 15) is 35.5 Å². The number of benzene rings is 2. The van der Waals surface area contributed by atoms with Crippen molar-refractivity contribution >= 4 is 5.91 Å². The number of nitrogens with one attached hydrogen (secondary N) is 1. The summed E-state index contributed by atoms with van der Waals surface area (Å²) in [4.78, 5) is 17.2. The molecule has 0 aliphatic carbocycles. The number of nitrogens with zero attached hydrogens (tertiary/aromatic N) is 2. The smallest absolute Gasteiger partial charge is 0.341 e. The van der Waals surface area contributed by atoms with E-state index in [1.165, 1.54) is 24.1 Å². The van der Waals surface area contributed by atoms with Crippen molar-refractivity contribution in [2.24, 2.45) is 5.92 Å². The van der Waals surface area contributed by atoms with Crippen LogP contribution >= 0.6 is 0 Å². The lowest BCUT2D eigenvalue weighted by Gasteiger charge is -2.44. The number of halogens is 7. The Morgan fingerprint density at radius 2 is 1.59 bits per heavy atom. The number of hydrogen-bond acceptors (Lipinski definition) is 3. The maximum atomic E-state index is 13.9. The monoisotopic (exact) mass is 559 g/mol. The largest absolute Gasteiger partial charge is 0.416 e. The first kappa shape index (κ1) is 29.3. The van der Waals surface area contributed by atoms with E-state index < -0.39 is 41.8 Å². The summed E-state index contributed by atoms with van der Waals surface area (Å²) in [5.74, 6) is -1.60. The van der Waals surface area contributed by atoms with Crippen LogP contribution < -0.4 is 5.32 Å². The third kappa shape index (κ3) is 6.92. The summed E-state index contributed by atoms with van der Waals surface area (Å²) in [6, 6.07) is 6.15. The fourth-order valence-electron chi connectivity index (χ4n) is 5.89. The van der Waals surface area contributed by atoms with Crippen LogP contribution in [0.4, 0.5) is 30.7 Å². The fourth-order valence-corrected chi connectivity index (χ4v) is 5.89. The normalized spacial score (nSPS) is 21.7. The first-order valence-electron chi connectivity index (χ1n) is 13.0. The Labute approximate surface area is 223 Å². The lowest BCUT2D eigenvalue weighted by Crippen LogP contribution is -2.51. The number of likely N-dealkylation sites (tertiary alicyclic amines) is 1. The highest BCUT2D eigenvalue weighted by Crippen LogP contribution is 2.39. The van der Waals surface area contributed by atoms with Crippen LogP contribution in [0.5, 0.6) is 0 Å². The fraction of sp³-hybridized carbons (Fsp3) is 0.536. The zero-order chi connectivity index (χ0) is 28.5. The molecule has 2 aliphatic rings. The molecule has 214 valence electrons. The predicted octanol–water partition coefficient (Wildman–Crippen LogP) is 5.99. The first-order chi connectivity index (χ1) is 18.2. The minimum atomic E-state index is -4.97. The lowest BCUT2D eigenvalue weighted by atomic mass is 9.77. The number of rotatable bonds is 5. The van der Waals surface area contributed by atoms with E-state index in [2.05, 4.69) is 10.2 Å². The van der Waals surface area contributed by atoms with Crippen LogP contribution in [0.2, 0.25) is 0 Å². The molecule has 0 saturated carbocycles. The van der Waals surface area contributed by atoms with E-state index in [0.29, 0.717) is 43.2 Å². The van der Waals surface area contributed by atoms with Gasteiger partial charge in [-0.15, -0.1) is 0 Å². The van der Waals surface area contributed by atoms with Crippen molar-refractivity contribution < 1.29 is 35.5 Å². The van der Waals surface area contributed by atoms with Crippen molar-refractivity contribution in [1.82, 2.24) is 15.1 Å². The van der Waals surface area contributed by atoms with Crippen molar-refractivity contribution in [2.75, 3.05) is 33.2 Å². The van der Waals surface area contributed by atoms with Crippen LogP contribution in [0.15, 0.2) is 36.4 Å². The maximum absolute atomic E-state index is 13.9. The van der Waals surface area contributed by atoms with E-state index in [1.54, 1.807) is 13.0 Å². The molecule has 2 aromatic rings. The van der Waals surface area contributed by atoms with Crippen LogP contribution in [0, 0.1) is 18.7 Å². The molecule has 2 atom stereocenters. The number of amides is 1. The molecule has 1 N–H and O–H groups in total. The molecule has 11 heteroatoms. The highest BCUT2D eigenvalue weighted by atomic mass is 19.4. The molecule has 2 saturated heterocycles. The van der Waals surface area contributed by atoms with Gasteiger partial charge in [0.15, 0.2) is 0 Å². The van der Waals surface area contributed by atoms with Gasteiger partial charge in [-0.05, 0) is 92.8 Å². The number of carbonyl (C=O) groups excluding carboxylic acids is 1. The summed E-state index contributed by atoms with van der Waals surface area (Å²) in [7, 11) is 1.39. The first-order valence-corrected chi connectivity index (χ1v) is 13.0. The molecule has 0 unspecified atom stereocenters. The molecule has 2 fully saturated rings.